The third kappa shape index (κ3) is 12.0. The van der Waals surface area contributed by atoms with Crippen molar-refractivity contribution in [1.29, 1.82) is 0 Å². The van der Waals surface area contributed by atoms with E-state index in [1.807, 2.05) is 24.3 Å². The molecule has 7 heteroatoms. The van der Waals surface area contributed by atoms with Crippen LogP contribution in [0.3, 0.4) is 0 Å². The molecule has 4 N–H and O–H groups in total. The van der Waals surface area contributed by atoms with Gasteiger partial charge in [-0.05, 0) is 36.0 Å². The lowest BCUT2D eigenvalue weighted by Crippen LogP contribution is -2.42. The molecular weight excluding hydrogens is 467 g/mol. The summed E-state index contributed by atoms with van der Waals surface area (Å²) in [5.41, 5.74) is 6.51. The summed E-state index contributed by atoms with van der Waals surface area (Å²) in [6.07, 6.45) is 5.91. The molecule has 1 rings (SSSR count). The van der Waals surface area contributed by atoms with Crippen LogP contribution >= 0.6 is 24.0 Å². The maximum Gasteiger partial charge on any atom is 0.255 e. The van der Waals surface area contributed by atoms with Crippen LogP contribution in [-0.2, 0) is 11.2 Å². The molecule has 160 valence electrons. The number of nitrogens with zero attached hydrogens (tertiary/aromatic N) is 1. The lowest BCUT2D eigenvalue weighted by Gasteiger charge is -2.26. The largest absolute Gasteiger partial charge is 0.484 e. The minimum absolute atomic E-state index is 0. The van der Waals surface area contributed by atoms with Crippen LogP contribution in [0.4, 0.5) is 0 Å². The maximum atomic E-state index is 10.7. The maximum absolute atomic E-state index is 10.7. The van der Waals surface area contributed by atoms with Gasteiger partial charge in [0.2, 0.25) is 0 Å². The first-order chi connectivity index (χ1) is 12.9. The lowest BCUT2D eigenvalue weighted by molar-refractivity contribution is -0.119. The molecule has 1 amide bonds. The fraction of sp³-hybridized carbons (Fsp3) is 0.619. The van der Waals surface area contributed by atoms with E-state index in [0.29, 0.717) is 5.75 Å². The van der Waals surface area contributed by atoms with Crippen LogP contribution in [0.25, 0.3) is 0 Å². The summed E-state index contributed by atoms with van der Waals surface area (Å²) in [4.78, 5) is 15.0. The van der Waals surface area contributed by atoms with E-state index in [4.69, 9.17) is 10.5 Å². The minimum Gasteiger partial charge on any atom is -0.484 e. The second-order valence-corrected chi connectivity index (χ2v) is 7.62. The number of guanidine groups is 1. The smallest absolute Gasteiger partial charge is 0.255 e. The van der Waals surface area contributed by atoms with E-state index in [0.717, 1.165) is 25.5 Å². The van der Waals surface area contributed by atoms with E-state index in [-0.39, 0.29) is 36.0 Å². The van der Waals surface area contributed by atoms with Crippen molar-refractivity contribution in [3.63, 3.8) is 0 Å². The van der Waals surface area contributed by atoms with Gasteiger partial charge in [0.15, 0.2) is 12.6 Å². The number of carbonyl (C=O) groups is 1. The summed E-state index contributed by atoms with van der Waals surface area (Å²) in [6, 6.07) is 7.68. The molecule has 0 aliphatic heterocycles. The van der Waals surface area contributed by atoms with Crippen LogP contribution in [0.2, 0.25) is 0 Å². The van der Waals surface area contributed by atoms with E-state index < -0.39 is 5.91 Å². The second kappa shape index (κ2) is 14.5. The van der Waals surface area contributed by atoms with E-state index in [9.17, 15) is 4.79 Å². The van der Waals surface area contributed by atoms with Gasteiger partial charge in [0.05, 0.1) is 0 Å². The average Bonchev–Trinajstić information content (AvgIpc) is 2.64. The quantitative estimate of drug-likeness (QED) is 0.176. The molecule has 0 saturated carbocycles. The molecule has 28 heavy (non-hydrogen) atoms. The molecule has 0 saturated heterocycles. The highest BCUT2D eigenvalue weighted by molar-refractivity contribution is 14.0. The molecule has 1 aromatic carbocycles. The van der Waals surface area contributed by atoms with Gasteiger partial charge in [-0.3, -0.25) is 9.79 Å². The Morgan fingerprint density at radius 3 is 2.43 bits per heavy atom. The Bertz CT molecular complexity index is 589. The molecule has 0 aliphatic rings. The zero-order valence-corrected chi connectivity index (χ0v) is 20.0. The molecule has 1 aromatic rings. The van der Waals surface area contributed by atoms with Crippen molar-refractivity contribution in [2.24, 2.45) is 16.1 Å². The third-order valence-electron chi connectivity index (χ3n) is 4.43. The summed E-state index contributed by atoms with van der Waals surface area (Å²) in [6.45, 7) is 8.42. The third-order valence-corrected chi connectivity index (χ3v) is 4.43. The fourth-order valence-corrected chi connectivity index (χ4v) is 2.72. The van der Waals surface area contributed by atoms with E-state index in [1.165, 1.54) is 31.2 Å². The van der Waals surface area contributed by atoms with Crippen molar-refractivity contribution >= 4 is 35.8 Å². The van der Waals surface area contributed by atoms with Crippen molar-refractivity contribution in [3.05, 3.63) is 29.8 Å². The predicted molar refractivity (Wildman–Crippen MR) is 128 cm³/mol. The number of primary amides is 1. The Morgan fingerprint density at radius 2 is 1.86 bits per heavy atom. The Labute approximate surface area is 187 Å². The number of ether oxygens (including phenoxy) is 1. The molecule has 0 atom stereocenters. The van der Waals surface area contributed by atoms with Crippen LogP contribution in [0.15, 0.2) is 29.3 Å². The highest BCUT2D eigenvalue weighted by Gasteiger charge is 2.17. The number of hydrogen-bond donors (Lipinski definition) is 3. The number of halogens is 1. The zero-order chi connectivity index (χ0) is 20.1. The molecule has 0 bridgehead atoms. The van der Waals surface area contributed by atoms with Crippen LogP contribution in [0.1, 0.15) is 52.0 Å². The number of unbranched alkanes of at least 4 members (excludes halogenated alkanes) is 2. The number of rotatable bonds is 12. The van der Waals surface area contributed by atoms with Crippen LogP contribution in [0.5, 0.6) is 5.75 Å². The second-order valence-electron chi connectivity index (χ2n) is 7.62. The molecule has 0 fully saturated rings. The number of amides is 1. The van der Waals surface area contributed by atoms with Crippen molar-refractivity contribution in [1.82, 2.24) is 10.6 Å². The highest BCUT2D eigenvalue weighted by atomic mass is 127. The van der Waals surface area contributed by atoms with Crippen LogP contribution < -0.4 is 21.1 Å². The van der Waals surface area contributed by atoms with E-state index in [1.54, 1.807) is 7.05 Å². The summed E-state index contributed by atoms with van der Waals surface area (Å²) < 4.78 is 5.26. The van der Waals surface area contributed by atoms with Gasteiger partial charge in [-0.1, -0.05) is 52.2 Å². The van der Waals surface area contributed by atoms with Gasteiger partial charge in [-0.15, -0.1) is 24.0 Å². The van der Waals surface area contributed by atoms with Crippen LogP contribution in [0, 0.1) is 5.41 Å². The fourth-order valence-electron chi connectivity index (χ4n) is 2.72. The summed E-state index contributed by atoms with van der Waals surface area (Å²) in [5, 5.41) is 6.79. The Kier molecular flexibility index (Phi) is 13.7. The Balaban J connectivity index is 0.00000729. The number of carbonyl (C=O) groups excluding carboxylic acids is 1. The first-order valence-electron chi connectivity index (χ1n) is 9.81. The molecule has 6 nitrogen and oxygen atoms in total. The van der Waals surface area contributed by atoms with Crippen molar-refractivity contribution in [2.75, 3.05) is 26.7 Å². The van der Waals surface area contributed by atoms with Gasteiger partial charge in [-0.25, -0.2) is 0 Å². The zero-order valence-electron chi connectivity index (χ0n) is 17.7. The molecule has 0 spiro atoms. The summed E-state index contributed by atoms with van der Waals surface area (Å²) >= 11 is 0. The first-order valence-corrected chi connectivity index (χ1v) is 9.81. The predicted octanol–water partition coefficient (Wildman–Crippen LogP) is 3.48. The van der Waals surface area contributed by atoms with Crippen molar-refractivity contribution < 1.29 is 9.53 Å². The summed E-state index contributed by atoms with van der Waals surface area (Å²) in [5.74, 6) is 1.00. The summed E-state index contributed by atoms with van der Waals surface area (Å²) in [7, 11) is 1.80. The number of aliphatic imine (C=N–C) groups is 1. The standard InChI is InChI=1S/C21H36N4O2.HI/c1-5-6-7-13-21(2,3)16-25-20(23-4)24-14-12-17-8-10-18(11-9-17)27-15-19(22)26;/h8-11H,5-7,12-16H2,1-4H3,(H2,22,26)(H2,23,24,25);1H. The normalized spacial score (nSPS) is 11.5. The monoisotopic (exact) mass is 504 g/mol. The average molecular weight is 504 g/mol. The Morgan fingerprint density at radius 1 is 1.18 bits per heavy atom. The van der Waals surface area contributed by atoms with Gasteiger partial charge in [0, 0.05) is 20.1 Å². The number of benzene rings is 1. The van der Waals surface area contributed by atoms with Gasteiger partial charge in [0.1, 0.15) is 5.75 Å². The Hall–Kier alpha value is -1.51. The number of nitrogens with one attached hydrogen (secondary N) is 2. The number of nitrogens with two attached hydrogens (primary N) is 1. The molecule has 0 radical (unpaired) electrons. The van der Waals surface area contributed by atoms with Crippen LogP contribution in [-0.4, -0.2) is 38.6 Å². The molecule has 0 aromatic heterocycles. The van der Waals surface area contributed by atoms with Gasteiger partial charge < -0.3 is 21.1 Å². The van der Waals surface area contributed by atoms with E-state index >= 15 is 0 Å². The molecule has 0 unspecified atom stereocenters. The molecule has 0 heterocycles. The molecular formula is C21H37IN4O2. The van der Waals surface area contributed by atoms with Gasteiger partial charge in [-0.2, -0.15) is 0 Å². The van der Waals surface area contributed by atoms with Gasteiger partial charge >= 0.3 is 0 Å². The minimum atomic E-state index is -0.476. The van der Waals surface area contributed by atoms with Gasteiger partial charge in [0.25, 0.3) is 5.91 Å². The highest BCUT2D eigenvalue weighted by Crippen LogP contribution is 2.22. The van der Waals surface area contributed by atoms with Crippen molar-refractivity contribution in [2.45, 2.75) is 52.9 Å². The first kappa shape index (κ1) is 26.5. The lowest BCUT2D eigenvalue weighted by atomic mass is 9.87. The topological polar surface area (TPSA) is 88.7 Å². The SMILES string of the molecule is CCCCCC(C)(C)CNC(=NC)NCCc1ccc(OCC(N)=O)cc1.I. The van der Waals surface area contributed by atoms with E-state index in [2.05, 4.69) is 36.4 Å². The number of hydrogen-bond acceptors (Lipinski definition) is 3. The van der Waals surface area contributed by atoms with Crippen molar-refractivity contribution in [3.8, 4) is 5.75 Å². The molecule has 0 aliphatic carbocycles.